The van der Waals surface area contributed by atoms with Gasteiger partial charge >= 0.3 is 0 Å². The number of fused-ring (bicyclic) bond motifs is 4. The van der Waals surface area contributed by atoms with Crippen LogP contribution in [0.4, 0.5) is 0 Å². The molecule has 0 radical (unpaired) electrons. The lowest BCUT2D eigenvalue weighted by atomic mass is 9.97. The van der Waals surface area contributed by atoms with E-state index < -0.39 is 0 Å². The molecule has 0 fully saturated rings. The average Bonchev–Trinajstić information content (AvgIpc) is 3.57. The molecule has 36 heavy (non-hydrogen) atoms. The van der Waals surface area contributed by atoms with Crippen LogP contribution in [0.3, 0.4) is 0 Å². The van der Waals surface area contributed by atoms with Crippen molar-refractivity contribution >= 4 is 22.1 Å². The first-order chi connectivity index (χ1) is 17.8. The van der Waals surface area contributed by atoms with Gasteiger partial charge in [-0.15, -0.1) is 10.2 Å². The van der Waals surface area contributed by atoms with Gasteiger partial charge in [-0.3, -0.25) is 4.40 Å². The molecule has 0 saturated carbocycles. The molecule has 0 aliphatic rings. The molecule has 172 valence electrons. The van der Waals surface area contributed by atoms with Crippen LogP contribution in [0.15, 0.2) is 104 Å². The topological polar surface area (TPSA) is 86.4 Å². The van der Waals surface area contributed by atoms with E-state index >= 15 is 0 Å². The number of pyridine rings is 3. The van der Waals surface area contributed by atoms with E-state index in [9.17, 15) is 0 Å². The van der Waals surface area contributed by atoms with Crippen LogP contribution in [-0.4, -0.2) is 29.2 Å². The quantitative estimate of drug-likeness (QED) is 0.375. The molecule has 2 N–H and O–H groups in total. The molecule has 0 aliphatic heterocycles. The highest BCUT2D eigenvalue weighted by Crippen LogP contribution is 2.35. The predicted octanol–water partition coefficient (Wildman–Crippen LogP) is 5.38. The predicted molar refractivity (Wildman–Crippen MR) is 141 cm³/mol. The van der Waals surface area contributed by atoms with Gasteiger partial charge in [-0.1, -0.05) is 60.7 Å². The Labute approximate surface area is 206 Å². The van der Waals surface area contributed by atoms with Gasteiger partial charge in [0.2, 0.25) is 0 Å². The third kappa shape index (κ3) is 3.18. The van der Waals surface area contributed by atoms with Crippen LogP contribution in [0.1, 0.15) is 5.56 Å². The minimum absolute atomic E-state index is 0.511. The minimum Gasteiger partial charge on any atom is -0.326 e. The molecule has 5 aromatic heterocycles. The van der Waals surface area contributed by atoms with Crippen molar-refractivity contribution in [2.24, 2.45) is 5.73 Å². The smallest absolute Gasteiger partial charge is 0.172 e. The Hall–Kier alpha value is -4.88. The van der Waals surface area contributed by atoms with Crippen molar-refractivity contribution in [2.75, 3.05) is 0 Å². The second-order valence-electron chi connectivity index (χ2n) is 8.71. The van der Waals surface area contributed by atoms with Crippen LogP contribution in [0.25, 0.3) is 55.8 Å². The van der Waals surface area contributed by atoms with E-state index in [1.165, 1.54) is 0 Å². The van der Waals surface area contributed by atoms with Crippen LogP contribution in [0.2, 0.25) is 0 Å². The van der Waals surface area contributed by atoms with Gasteiger partial charge in [-0.2, -0.15) is 5.10 Å². The fourth-order valence-corrected chi connectivity index (χ4v) is 4.74. The van der Waals surface area contributed by atoms with Gasteiger partial charge in [0.05, 0.1) is 28.5 Å². The third-order valence-electron chi connectivity index (χ3n) is 6.59. The summed E-state index contributed by atoms with van der Waals surface area (Å²) in [4.78, 5) is 5.12. The highest BCUT2D eigenvalue weighted by atomic mass is 15.3. The first-order valence-electron chi connectivity index (χ1n) is 11.8. The van der Waals surface area contributed by atoms with Crippen molar-refractivity contribution in [3.8, 4) is 33.8 Å². The Morgan fingerprint density at radius 3 is 2.42 bits per heavy atom. The number of hydrogen-bond donors (Lipinski definition) is 1. The normalized spacial score (nSPS) is 11.6. The maximum absolute atomic E-state index is 5.82. The summed E-state index contributed by atoms with van der Waals surface area (Å²) in [6.07, 6.45) is 5.74. The van der Waals surface area contributed by atoms with E-state index in [1.807, 2.05) is 70.0 Å². The van der Waals surface area contributed by atoms with Crippen LogP contribution >= 0.6 is 0 Å². The molecule has 0 spiro atoms. The van der Waals surface area contributed by atoms with E-state index in [2.05, 4.69) is 57.8 Å². The third-order valence-corrected chi connectivity index (χ3v) is 6.59. The van der Waals surface area contributed by atoms with Gasteiger partial charge in [0.25, 0.3) is 0 Å². The van der Waals surface area contributed by atoms with E-state index in [0.717, 1.165) is 61.4 Å². The van der Waals surface area contributed by atoms with Crippen molar-refractivity contribution in [1.82, 2.24) is 29.2 Å². The Balaban J connectivity index is 1.48. The van der Waals surface area contributed by atoms with Gasteiger partial charge in [-0.25, -0.2) is 9.50 Å². The van der Waals surface area contributed by atoms with Gasteiger partial charge in [-0.05, 0) is 35.4 Å². The summed E-state index contributed by atoms with van der Waals surface area (Å²) in [5.74, 6) is 0.746. The van der Waals surface area contributed by atoms with E-state index in [1.54, 1.807) is 0 Å². The largest absolute Gasteiger partial charge is 0.326 e. The van der Waals surface area contributed by atoms with Crippen LogP contribution in [-0.2, 0) is 6.54 Å². The molecular weight excluding hydrogens is 446 g/mol. The van der Waals surface area contributed by atoms with Gasteiger partial charge in [0.15, 0.2) is 11.5 Å². The maximum Gasteiger partial charge on any atom is 0.172 e. The summed E-state index contributed by atoms with van der Waals surface area (Å²) >= 11 is 0. The second-order valence-corrected chi connectivity index (χ2v) is 8.71. The van der Waals surface area contributed by atoms with Crippen LogP contribution < -0.4 is 5.73 Å². The summed E-state index contributed by atoms with van der Waals surface area (Å²) in [6, 6.07) is 28.8. The number of nitrogens with two attached hydrogens (primary N) is 1. The van der Waals surface area contributed by atoms with Crippen molar-refractivity contribution < 1.29 is 0 Å². The van der Waals surface area contributed by atoms with Gasteiger partial charge in [0.1, 0.15) is 0 Å². The summed E-state index contributed by atoms with van der Waals surface area (Å²) in [5.41, 5.74) is 14.5. The minimum atomic E-state index is 0.511. The molecule has 0 bridgehead atoms. The molecule has 0 unspecified atom stereocenters. The summed E-state index contributed by atoms with van der Waals surface area (Å²) in [5, 5.41) is 14.6. The first-order valence-corrected chi connectivity index (χ1v) is 11.8. The number of aromatic nitrogens is 6. The molecule has 7 heteroatoms. The highest BCUT2D eigenvalue weighted by molar-refractivity contribution is 5.99. The molecule has 0 saturated heterocycles. The molecule has 7 aromatic rings. The fourth-order valence-electron chi connectivity index (χ4n) is 4.74. The number of hydrogen-bond acceptors (Lipinski definition) is 5. The fraction of sp³-hybridized carbons (Fsp3) is 0.0345. The monoisotopic (exact) mass is 467 g/mol. The zero-order valence-corrected chi connectivity index (χ0v) is 19.3. The summed E-state index contributed by atoms with van der Waals surface area (Å²) in [7, 11) is 0. The van der Waals surface area contributed by atoms with Crippen molar-refractivity contribution in [3.05, 3.63) is 109 Å². The Morgan fingerprint density at radius 2 is 1.58 bits per heavy atom. The lowest BCUT2D eigenvalue weighted by molar-refractivity contribution is 0.961. The Morgan fingerprint density at radius 1 is 0.750 bits per heavy atom. The number of rotatable bonds is 4. The number of benzene rings is 2. The van der Waals surface area contributed by atoms with Gasteiger partial charge in [0, 0.05) is 35.5 Å². The standard InChI is InChI=1S/C29H21N7/c30-17-19-9-11-21(12-10-19)27-22(20-6-2-1-3-7-20)16-23-25(32-27)13-15-35-28(23)33-34-29(35)24-18-31-36-14-5-4-8-26(24)36/h1-16,18H,17,30H2. The number of nitrogens with zero attached hydrogens (tertiary/aromatic N) is 6. The summed E-state index contributed by atoms with van der Waals surface area (Å²) < 4.78 is 3.85. The highest BCUT2D eigenvalue weighted by Gasteiger charge is 2.18. The van der Waals surface area contributed by atoms with E-state index in [4.69, 9.17) is 10.7 Å². The molecule has 7 rings (SSSR count). The SMILES string of the molecule is NCc1ccc(-c2nc3ccn4c(-c5cnn6ccccc56)nnc4c3cc2-c2ccccc2)cc1. The molecule has 0 amide bonds. The second kappa shape index (κ2) is 8.11. The zero-order valence-electron chi connectivity index (χ0n) is 19.3. The lowest BCUT2D eigenvalue weighted by Gasteiger charge is -2.12. The Kier molecular flexibility index (Phi) is 4.62. The van der Waals surface area contributed by atoms with Crippen molar-refractivity contribution in [1.29, 1.82) is 0 Å². The lowest BCUT2D eigenvalue weighted by Crippen LogP contribution is -1.97. The summed E-state index contributed by atoms with van der Waals surface area (Å²) in [6.45, 7) is 0.511. The Bertz CT molecular complexity index is 1870. The van der Waals surface area contributed by atoms with Crippen molar-refractivity contribution in [2.45, 2.75) is 6.54 Å². The zero-order chi connectivity index (χ0) is 24.1. The molecule has 7 nitrogen and oxygen atoms in total. The molecule has 0 atom stereocenters. The molecule has 2 aromatic carbocycles. The maximum atomic E-state index is 5.82. The first kappa shape index (κ1) is 20.5. The van der Waals surface area contributed by atoms with Crippen LogP contribution in [0, 0.1) is 0 Å². The molecule has 5 heterocycles. The van der Waals surface area contributed by atoms with Crippen molar-refractivity contribution in [3.63, 3.8) is 0 Å². The molecular formula is C29H21N7. The molecule has 0 aliphatic carbocycles. The van der Waals surface area contributed by atoms with E-state index in [-0.39, 0.29) is 0 Å². The van der Waals surface area contributed by atoms with Gasteiger partial charge < -0.3 is 5.73 Å². The van der Waals surface area contributed by atoms with E-state index in [0.29, 0.717) is 6.54 Å². The average molecular weight is 468 g/mol. The van der Waals surface area contributed by atoms with Crippen LogP contribution in [0.5, 0.6) is 0 Å².